The highest BCUT2D eigenvalue weighted by atomic mass is 35.5. The number of anilines is 1. The van der Waals surface area contributed by atoms with Crippen LogP contribution in [0.25, 0.3) is 0 Å². The Hall–Kier alpha value is -2.46. The number of allylic oxidation sites excluding steroid dienone is 2. The minimum absolute atomic E-state index is 0. The average Bonchev–Trinajstić information content (AvgIpc) is 2.57. The van der Waals surface area contributed by atoms with Gasteiger partial charge in [0.2, 0.25) is 11.6 Å². The molecule has 1 aromatic rings. The lowest BCUT2D eigenvalue weighted by Crippen LogP contribution is -2.19. The molecule has 0 saturated carbocycles. The maximum Gasteiger partial charge on any atom is 0.244 e. The van der Waals surface area contributed by atoms with E-state index in [9.17, 15) is 14.5 Å². The summed E-state index contributed by atoms with van der Waals surface area (Å²) in [5.41, 5.74) is 0.359. The average molecular weight is 364 g/mol. The standard InChI is InChI=1S/C6H2Cl2O4.C6H6N2O2.H3N/c7-1-3(9)5(11)2(8)6(12)4(1)10;9-7-8(10)6-4-2-1-3-5-6;/h9,12H;1-5,10H;1H3. The zero-order valence-electron chi connectivity index (χ0n) is 11.3. The van der Waals surface area contributed by atoms with Crippen molar-refractivity contribution >= 4 is 40.5 Å². The van der Waals surface area contributed by atoms with E-state index in [4.69, 9.17) is 38.6 Å². The van der Waals surface area contributed by atoms with E-state index in [2.05, 4.69) is 5.29 Å². The van der Waals surface area contributed by atoms with Crippen LogP contribution < -0.4 is 11.3 Å². The first kappa shape index (κ1) is 20.5. The van der Waals surface area contributed by atoms with Gasteiger partial charge >= 0.3 is 0 Å². The van der Waals surface area contributed by atoms with Crippen LogP contribution in [0.15, 0.2) is 57.2 Å². The number of hydrogen-bond acceptors (Lipinski definition) is 8. The molecule has 0 saturated heterocycles. The molecule has 23 heavy (non-hydrogen) atoms. The number of ketones is 2. The third kappa shape index (κ3) is 4.76. The number of aliphatic hydroxyl groups excluding tert-OH is 2. The Morgan fingerprint density at radius 1 is 0.913 bits per heavy atom. The third-order valence-electron chi connectivity index (χ3n) is 2.31. The summed E-state index contributed by atoms with van der Waals surface area (Å²) in [5, 5.41) is 27.5. The summed E-state index contributed by atoms with van der Waals surface area (Å²) < 4.78 is 0. The lowest BCUT2D eigenvalue weighted by molar-refractivity contribution is -0.119. The molecule has 0 atom stereocenters. The van der Waals surface area contributed by atoms with Crippen LogP contribution in [-0.2, 0) is 9.59 Å². The van der Waals surface area contributed by atoms with Gasteiger partial charge in [-0.25, -0.2) is 0 Å². The quantitative estimate of drug-likeness (QED) is 0.353. The monoisotopic (exact) mass is 363 g/mol. The zero-order valence-corrected chi connectivity index (χ0v) is 12.8. The van der Waals surface area contributed by atoms with Crippen LogP contribution in [-0.4, -0.2) is 27.0 Å². The summed E-state index contributed by atoms with van der Waals surface area (Å²) in [6.45, 7) is 0. The van der Waals surface area contributed by atoms with Crippen LogP contribution in [0.5, 0.6) is 0 Å². The predicted molar refractivity (Wildman–Crippen MR) is 82.6 cm³/mol. The Balaban J connectivity index is 0.000000409. The van der Waals surface area contributed by atoms with Crippen molar-refractivity contribution < 1.29 is 25.0 Å². The maximum atomic E-state index is 10.8. The summed E-state index contributed by atoms with van der Waals surface area (Å²) in [5.74, 6) is -3.99. The van der Waals surface area contributed by atoms with E-state index in [0.717, 1.165) is 0 Å². The SMILES string of the molecule is N.O=C1C(O)=C(Cl)C(=O)C(O)=C1Cl.O=NN(O)c1ccccc1. The summed E-state index contributed by atoms with van der Waals surface area (Å²) in [6, 6.07) is 8.32. The lowest BCUT2D eigenvalue weighted by atomic mass is 10.1. The Morgan fingerprint density at radius 2 is 1.30 bits per heavy atom. The molecule has 0 heterocycles. The smallest absolute Gasteiger partial charge is 0.244 e. The van der Waals surface area contributed by atoms with Gasteiger partial charge < -0.3 is 16.4 Å². The summed E-state index contributed by atoms with van der Waals surface area (Å²) in [4.78, 5) is 31.3. The number of nitroso groups, excluding NO2 is 1. The number of carbonyl (C=O) groups excluding carboxylic acids is 2. The number of rotatable bonds is 2. The number of nitrogens with zero attached hydrogens (tertiary/aromatic N) is 2. The van der Waals surface area contributed by atoms with Crippen molar-refractivity contribution in [3.8, 4) is 0 Å². The second-order valence-electron chi connectivity index (χ2n) is 3.69. The molecule has 0 aliphatic heterocycles. The molecule has 0 radical (unpaired) electrons. The molecule has 0 spiro atoms. The number of para-hydroxylation sites is 1. The predicted octanol–water partition coefficient (Wildman–Crippen LogP) is 2.88. The van der Waals surface area contributed by atoms with Gasteiger partial charge in [0.05, 0.1) is 11.0 Å². The Labute approximate surface area is 139 Å². The number of Topliss-reactive ketones (excluding diaryl/α,β-unsaturated/α-hetero) is 2. The Kier molecular flexibility index (Phi) is 7.91. The van der Waals surface area contributed by atoms with Gasteiger partial charge in [-0.1, -0.05) is 41.4 Å². The number of hydrogen-bond donors (Lipinski definition) is 4. The van der Waals surface area contributed by atoms with Crippen molar-refractivity contribution in [1.82, 2.24) is 6.15 Å². The highest BCUT2D eigenvalue weighted by Crippen LogP contribution is 2.26. The van der Waals surface area contributed by atoms with Gasteiger partial charge in [-0.2, -0.15) is 0 Å². The Morgan fingerprint density at radius 3 is 1.65 bits per heavy atom. The second-order valence-corrected chi connectivity index (χ2v) is 4.45. The van der Waals surface area contributed by atoms with Crippen LogP contribution in [0.3, 0.4) is 0 Å². The first-order chi connectivity index (χ1) is 10.3. The molecule has 2 rings (SSSR count). The maximum absolute atomic E-state index is 10.8. The minimum atomic E-state index is -1.06. The van der Waals surface area contributed by atoms with E-state index in [1.54, 1.807) is 30.3 Å². The molecule has 6 N–H and O–H groups in total. The van der Waals surface area contributed by atoms with Gasteiger partial charge in [0, 0.05) is 0 Å². The summed E-state index contributed by atoms with van der Waals surface area (Å²) in [6.07, 6.45) is 0. The van der Waals surface area contributed by atoms with Crippen molar-refractivity contribution in [2.75, 3.05) is 5.17 Å². The molecular formula is C12H11Cl2N3O6. The molecular weight excluding hydrogens is 353 g/mol. The van der Waals surface area contributed by atoms with Gasteiger partial charge in [0.15, 0.2) is 11.5 Å². The molecule has 9 nitrogen and oxygen atoms in total. The van der Waals surface area contributed by atoms with Crippen LogP contribution >= 0.6 is 23.2 Å². The number of aliphatic hydroxyl groups is 2. The second kappa shape index (κ2) is 8.86. The molecule has 11 heteroatoms. The molecule has 1 aliphatic rings. The van der Waals surface area contributed by atoms with Crippen molar-refractivity contribution in [3.63, 3.8) is 0 Å². The van der Waals surface area contributed by atoms with Crippen molar-refractivity contribution in [1.29, 1.82) is 0 Å². The topological polar surface area (TPSA) is 163 Å². The zero-order chi connectivity index (χ0) is 16.9. The summed E-state index contributed by atoms with van der Waals surface area (Å²) in [7, 11) is 0. The van der Waals surface area contributed by atoms with Gasteiger partial charge in [0.1, 0.15) is 10.1 Å². The first-order valence-electron chi connectivity index (χ1n) is 5.45. The fourth-order valence-corrected chi connectivity index (χ4v) is 1.58. The molecule has 0 bridgehead atoms. The normalized spacial score (nSPS) is 13.9. The molecule has 0 fully saturated rings. The number of halogens is 2. The van der Waals surface area contributed by atoms with E-state index in [1.807, 2.05) is 0 Å². The fraction of sp³-hybridized carbons (Fsp3) is 0. The molecule has 0 amide bonds. The molecule has 1 aromatic carbocycles. The van der Waals surface area contributed by atoms with E-state index < -0.39 is 33.1 Å². The molecule has 124 valence electrons. The highest BCUT2D eigenvalue weighted by molar-refractivity contribution is 6.55. The summed E-state index contributed by atoms with van der Waals surface area (Å²) >= 11 is 10.4. The van der Waals surface area contributed by atoms with Crippen LogP contribution in [0, 0.1) is 4.91 Å². The first-order valence-corrected chi connectivity index (χ1v) is 6.21. The lowest BCUT2D eigenvalue weighted by Gasteiger charge is -2.08. The van der Waals surface area contributed by atoms with Gasteiger partial charge in [-0.05, 0) is 12.1 Å². The van der Waals surface area contributed by atoms with Crippen LogP contribution in [0.4, 0.5) is 5.69 Å². The van der Waals surface area contributed by atoms with Crippen molar-refractivity contribution in [3.05, 3.63) is 56.8 Å². The third-order valence-corrected chi connectivity index (χ3v) is 3.01. The minimum Gasteiger partial charge on any atom is -0.503 e. The van der Waals surface area contributed by atoms with E-state index in [-0.39, 0.29) is 11.3 Å². The van der Waals surface area contributed by atoms with Crippen LogP contribution in [0.1, 0.15) is 0 Å². The van der Waals surface area contributed by atoms with Crippen molar-refractivity contribution in [2.24, 2.45) is 5.29 Å². The van der Waals surface area contributed by atoms with E-state index >= 15 is 0 Å². The highest BCUT2D eigenvalue weighted by Gasteiger charge is 2.32. The van der Waals surface area contributed by atoms with Gasteiger partial charge in [0.25, 0.3) is 0 Å². The number of carbonyl (C=O) groups is 2. The van der Waals surface area contributed by atoms with Gasteiger partial charge in [-0.15, -0.1) is 10.1 Å². The number of benzene rings is 1. The van der Waals surface area contributed by atoms with Crippen molar-refractivity contribution in [2.45, 2.75) is 0 Å². The largest absolute Gasteiger partial charge is 0.503 e. The van der Waals surface area contributed by atoms with Crippen LogP contribution in [0.2, 0.25) is 0 Å². The molecule has 0 unspecified atom stereocenters. The van der Waals surface area contributed by atoms with E-state index in [0.29, 0.717) is 5.69 Å². The molecule has 0 aromatic heterocycles. The van der Waals surface area contributed by atoms with Gasteiger partial charge in [-0.3, -0.25) is 14.8 Å². The van der Waals surface area contributed by atoms with E-state index in [1.165, 1.54) is 0 Å². The fourth-order valence-electron chi connectivity index (χ4n) is 1.23. The Bertz CT molecular complexity index is 613. The molecule has 1 aliphatic carbocycles.